The zero-order valence-corrected chi connectivity index (χ0v) is 20.0. The monoisotopic (exact) mass is 483 g/mol. The lowest BCUT2D eigenvalue weighted by Gasteiger charge is -2.32. The number of anilines is 1. The largest absolute Gasteiger partial charge is 0.336 e. The molecule has 3 unspecified atom stereocenters. The van der Waals surface area contributed by atoms with Gasteiger partial charge in [0, 0.05) is 16.8 Å². The van der Waals surface area contributed by atoms with Crippen LogP contribution in [-0.2, 0) is 11.4 Å². The number of aromatic nitrogens is 1. The van der Waals surface area contributed by atoms with Crippen LogP contribution in [0.3, 0.4) is 0 Å². The highest BCUT2D eigenvalue weighted by Gasteiger charge is 2.50. The first-order valence-electron chi connectivity index (χ1n) is 10.9. The number of nitrogens with one attached hydrogen (secondary N) is 2. The summed E-state index contributed by atoms with van der Waals surface area (Å²) in [5.41, 5.74) is 1.87. The van der Waals surface area contributed by atoms with E-state index in [2.05, 4.69) is 15.6 Å². The van der Waals surface area contributed by atoms with Crippen LogP contribution in [0.4, 0.5) is 10.1 Å². The molecule has 1 saturated heterocycles. The lowest BCUT2D eigenvalue weighted by molar-refractivity contribution is -0.0963. The molecule has 0 aliphatic carbocycles. The molecule has 3 aromatic rings. The van der Waals surface area contributed by atoms with Crippen molar-refractivity contribution < 1.29 is 14.0 Å². The second kappa shape index (κ2) is 10.1. The summed E-state index contributed by atoms with van der Waals surface area (Å²) in [4.78, 5) is 23.1. The summed E-state index contributed by atoms with van der Waals surface area (Å²) >= 11 is 5.95. The fraction of sp³-hybridized carbons (Fsp3) is 0.280. The van der Waals surface area contributed by atoms with Crippen molar-refractivity contribution in [2.24, 2.45) is 5.41 Å². The highest BCUT2D eigenvalue weighted by atomic mass is 35.5. The predicted molar refractivity (Wildman–Crippen MR) is 129 cm³/mol. The van der Waals surface area contributed by atoms with Crippen LogP contribution < -0.4 is 15.6 Å². The maximum Gasteiger partial charge on any atom is 0.252 e. The molecule has 4 rings (SSSR count). The van der Waals surface area contributed by atoms with Crippen molar-refractivity contribution in [1.29, 1.82) is 0 Å². The molecular weight excluding hydrogens is 457 g/mol. The number of hydrogen-bond donors (Lipinski definition) is 2. The van der Waals surface area contributed by atoms with Crippen molar-refractivity contribution in [3.05, 3.63) is 95.0 Å². The standard InChI is InChI=1S/C25H27ClFN5O2/c1-25(2,3)23(29-22(33)18-8-10-19(26)11-9-18)30-24-31(21-5-4-14-28-15-21)32(24)34-16-17-6-12-20(27)13-7-17/h4-15,23-24,30H,16H2,1-3H3,(H,29,33). The molecule has 2 aromatic carbocycles. The third-order valence-electron chi connectivity index (χ3n) is 5.35. The Morgan fingerprint density at radius 2 is 1.85 bits per heavy atom. The third kappa shape index (κ3) is 5.90. The summed E-state index contributed by atoms with van der Waals surface area (Å²) in [5.74, 6) is -0.507. The Bertz CT molecular complexity index is 1110. The molecule has 1 aromatic heterocycles. The Morgan fingerprint density at radius 3 is 2.47 bits per heavy atom. The maximum absolute atomic E-state index is 13.2. The van der Waals surface area contributed by atoms with Gasteiger partial charge in [0.2, 0.25) is 0 Å². The van der Waals surface area contributed by atoms with Gasteiger partial charge in [0.1, 0.15) is 5.82 Å². The van der Waals surface area contributed by atoms with Crippen LogP contribution >= 0.6 is 11.6 Å². The van der Waals surface area contributed by atoms with Gasteiger partial charge < -0.3 is 5.32 Å². The Hall–Kier alpha value is -3.04. The maximum atomic E-state index is 13.2. The molecule has 0 bridgehead atoms. The second-order valence-electron chi connectivity index (χ2n) is 9.08. The lowest BCUT2D eigenvalue weighted by atomic mass is 9.92. The number of carbonyl (C=O) groups is 1. The number of rotatable bonds is 8. The van der Waals surface area contributed by atoms with Gasteiger partial charge in [-0.05, 0) is 59.5 Å². The van der Waals surface area contributed by atoms with E-state index in [-0.39, 0.29) is 36.2 Å². The van der Waals surface area contributed by atoms with Crippen LogP contribution in [0.5, 0.6) is 0 Å². The minimum Gasteiger partial charge on any atom is -0.336 e. The van der Waals surface area contributed by atoms with Gasteiger partial charge in [-0.3, -0.25) is 19.9 Å². The summed E-state index contributed by atoms with van der Waals surface area (Å²) in [6.45, 7) is 6.36. The molecule has 1 amide bonds. The number of hydroxylamine groups is 1. The molecule has 1 aliphatic rings. The van der Waals surface area contributed by atoms with Gasteiger partial charge >= 0.3 is 0 Å². The molecule has 34 heavy (non-hydrogen) atoms. The van der Waals surface area contributed by atoms with Crippen LogP contribution in [0.2, 0.25) is 5.02 Å². The van der Waals surface area contributed by atoms with Crippen molar-refractivity contribution in [2.75, 3.05) is 5.01 Å². The molecule has 178 valence electrons. The normalized spacial score (nSPS) is 18.4. The van der Waals surface area contributed by atoms with E-state index >= 15 is 0 Å². The number of hydrazine groups is 1. The fourth-order valence-electron chi connectivity index (χ4n) is 3.36. The second-order valence-corrected chi connectivity index (χ2v) is 9.51. The first-order valence-corrected chi connectivity index (χ1v) is 11.3. The van der Waals surface area contributed by atoms with Crippen molar-refractivity contribution in [3.8, 4) is 0 Å². The minimum absolute atomic E-state index is 0.212. The molecule has 3 atom stereocenters. The average Bonchev–Trinajstić information content (AvgIpc) is 3.50. The first kappa shape index (κ1) is 24.1. The average molecular weight is 484 g/mol. The number of amides is 1. The van der Waals surface area contributed by atoms with E-state index in [4.69, 9.17) is 16.4 Å². The Kier molecular flexibility index (Phi) is 7.13. The van der Waals surface area contributed by atoms with Gasteiger partial charge in [0.05, 0.1) is 24.7 Å². The fourth-order valence-corrected chi connectivity index (χ4v) is 3.49. The molecule has 0 spiro atoms. The minimum atomic E-state index is -0.390. The van der Waals surface area contributed by atoms with Crippen molar-refractivity contribution in [2.45, 2.75) is 39.8 Å². The molecule has 1 fully saturated rings. The van der Waals surface area contributed by atoms with Gasteiger partial charge in [-0.1, -0.05) is 49.7 Å². The van der Waals surface area contributed by atoms with Crippen LogP contribution in [0, 0.1) is 11.2 Å². The highest BCUT2D eigenvalue weighted by molar-refractivity contribution is 6.30. The molecule has 0 saturated carbocycles. The summed E-state index contributed by atoms with van der Waals surface area (Å²) in [5, 5.41) is 10.7. The summed E-state index contributed by atoms with van der Waals surface area (Å²) in [6.07, 6.45) is 2.69. The van der Waals surface area contributed by atoms with Gasteiger partial charge in [0.15, 0.2) is 6.29 Å². The SMILES string of the molecule is CC(C)(C)C(NC(=O)c1ccc(Cl)cc1)NC1N(OCc2ccc(F)cc2)N1c1cccnc1. The zero-order chi connectivity index (χ0) is 24.3. The summed E-state index contributed by atoms with van der Waals surface area (Å²) in [7, 11) is 0. The van der Waals surface area contributed by atoms with Crippen LogP contribution in [0.15, 0.2) is 73.1 Å². The van der Waals surface area contributed by atoms with E-state index in [1.165, 1.54) is 12.1 Å². The van der Waals surface area contributed by atoms with E-state index in [9.17, 15) is 9.18 Å². The summed E-state index contributed by atoms with van der Waals surface area (Å²) < 4.78 is 13.2. The van der Waals surface area contributed by atoms with Gasteiger partial charge in [-0.2, -0.15) is 0 Å². The van der Waals surface area contributed by atoms with Crippen LogP contribution in [-0.4, -0.2) is 28.5 Å². The topological polar surface area (TPSA) is 69.3 Å². The van der Waals surface area contributed by atoms with E-state index in [0.29, 0.717) is 10.6 Å². The first-order chi connectivity index (χ1) is 16.2. The van der Waals surface area contributed by atoms with E-state index in [1.54, 1.807) is 54.0 Å². The molecule has 1 aliphatic heterocycles. The molecule has 0 radical (unpaired) electrons. The number of carbonyl (C=O) groups excluding carboxylic acids is 1. The number of nitrogens with zero attached hydrogens (tertiary/aromatic N) is 3. The number of halogens is 2. The Labute approximate surface area is 203 Å². The number of pyridine rings is 1. The van der Waals surface area contributed by atoms with Gasteiger partial charge in [0.25, 0.3) is 5.91 Å². The number of benzene rings is 2. The lowest BCUT2D eigenvalue weighted by Crippen LogP contribution is -2.55. The molecular formula is C25H27ClFN5O2. The van der Waals surface area contributed by atoms with E-state index in [1.807, 2.05) is 37.9 Å². The molecule has 2 heterocycles. The number of hydrogen-bond acceptors (Lipinski definition) is 6. The predicted octanol–water partition coefficient (Wildman–Crippen LogP) is 4.72. The zero-order valence-electron chi connectivity index (χ0n) is 19.2. The van der Waals surface area contributed by atoms with E-state index in [0.717, 1.165) is 11.3 Å². The van der Waals surface area contributed by atoms with Gasteiger partial charge in [-0.25, -0.2) is 9.40 Å². The smallest absolute Gasteiger partial charge is 0.252 e. The quantitative estimate of drug-likeness (QED) is 0.357. The molecule has 2 N–H and O–H groups in total. The van der Waals surface area contributed by atoms with Crippen molar-refractivity contribution in [3.63, 3.8) is 0 Å². The molecule has 9 heteroatoms. The highest BCUT2D eigenvalue weighted by Crippen LogP contribution is 2.34. The summed E-state index contributed by atoms with van der Waals surface area (Å²) in [6, 6.07) is 16.7. The molecule has 7 nitrogen and oxygen atoms in total. The van der Waals surface area contributed by atoms with Gasteiger partial charge in [-0.15, -0.1) is 0 Å². The Morgan fingerprint density at radius 1 is 1.15 bits per heavy atom. The van der Waals surface area contributed by atoms with E-state index < -0.39 is 0 Å². The Balaban J connectivity index is 1.48. The van der Waals surface area contributed by atoms with Crippen LogP contribution in [0.25, 0.3) is 0 Å². The third-order valence-corrected chi connectivity index (χ3v) is 5.60. The van der Waals surface area contributed by atoms with Crippen molar-refractivity contribution in [1.82, 2.24) is 20.8 Å². The van der Waals surface area contributed by atoms with Crippen molar-refractivity contribution >= 4 is 23.2 Å². The van der Waals surface area contributed by atoms with Crippen LogP contribution in [0.1, 0.15) is 36.7 Å².